The number of anilines is 2. The molecule has 0 aliphatic carbocycles. The standard InChI is InChI=1S/C17H23N9O5/c1-30-7-25-4-8(13(18)24-17(25)29)2-20-3-9-11(27)12(28)16(31-9)26-6-23-10-14(19)21-5-22-15(10)26/h4-6,9,11-12,16,20,27-28H,2-3,7H2,1H3,(H2,18,24,29)(H2,19,21,22)/t9-,11-,12-,16-/m1/s1. The molecule has 31 heavy (non-hydrogen) atoms. The Labute approximate surface area is 175 Å². The highest BCUT2D eigenvalue weighted by molar-refractivity contribution is 5.81. The van der Waals surface area contributed by atoms with Gasteiger partial charge in [-0.3, -0.25) is 9.13 Å². The van der Waals surface area contributed by atoms with Gasteiger partial charge in [-0.05, 0) is 0 Å². The van der Waals surface area contributed by atoms with Crippen molar-refractivity contribution in [2.45, 2.75) is 37.8 Å². The molecular weight excluding hydrogens is 410 g/mol. The highest BCUT2D eigenvalue weighted by atomic mass is 16.6. The SMILES string of the molecule is COCn1cc(CNC[C@H]2O[C@@H](n3cnc4c(N)ncnc43)[C@H](O)[C@@H]2O)c(N)nc1=O. The number of nitrogens with one attached hydrogen (secondary N) is 1. The number of aliphatic hydroxyl groups is 2. The fourth-order valence-electron chi connectivity index (χ4n) is 3.45. The van der Waals surface area contributed by atoms with E-state index < -0.39 is 30.2 Å². The maximum absolute atomic E-state index is 11.8. The number of aromatic nitrogens is 6. The van der Waals surface area contributed by atoms with Crippen LogP contribution in [0.5, 0.6) is 0 Å². The number of fused-ring (bicyclic) bond motifs is 1. The van der Waals surface area contributed by atoms with Crippen LogP contribution < -0.4 is 22.5 Å². The monoisotopic (exact) mass is 433 g/mol. The molecule has 1 saturated heterocycles. The van der Waals surface area contributed by atoms with Crippen LogP contribution in [0.1, 0.15) is 11.8 Å². The molecule has 14 nitrogen and oxygen atoms in total. The van der Waals surface area contributed by atoms with E-state index in [4.69, 9.17) is 20.9 Å². The van der Waals surface area contributed by atoms with Crippen LogP contribution >= 0.6 is 0 Å². The summed E-state index contributed by atoms with van der Waals surface area (Å²) >= 11 is 0. The molecule has 0 amide bonds. The third-order valence-corrected chi connectivity index (χ3v) is 5.03. The Morgan fingerprint density at radius 1 is 1.23 bits per heavy atom. The number of hydrogen-bond donors (Lipinski definition) is 5. The second kappa shape index (κ2) is 8.52. The quantitative estimate of drug-likeness (QED) is 0.264. The molecule has 7 N–H and O–H groups in total. The van der Waals surface area contributed by atoms with Crippen LogP contribution in [0, 0.1) is 0 Å². The number of ether oxygens (including phenoxy) is 2. The third kappa shape index (κ3) is 3.94. The molecule has 1 aliphatic heterocycles. The highest BCUT2D eigenvalue weighted by Crippen LogP contribution is 2.31. The van der Waals surface area contributed by atoms with Gasteiger partial charge in [0.1, 0.15) is 42.7 Å². The number of imidazole rings is 1. The van der Waals surface area contributed by atoms with Gasteiger partial charge in [0, 0.05) is 32.0 Å². The minimum absolute atomic E-state index is 0.0460. The van der Waals surface area contributed by atoms with Crippen LogP contribution in [-0.2, 0) is 22.7 Å². The van der Waals surface area contributed by atoms with Gasteiger partial charge in [-0.15, -0.1) is 0 Å². The smallest absolute Gasteiger partial charge is 0.351 e. The minimum atomic E-state index is -1.21. The van der Waals surface area contributed by atoms with Crippen molar-refractivity contribution in [1.82, 2.24) is 34.4 Å². The van der Waals surface area contributed by atoms with Crippen LogP contribution in [0.4, 0.5) is 11.6 Å². The molecule has 0 aromatic carbocycles. The minimum Gasteiger partial charge on any atom is -0.387 e. The van der Waals surface area contributed by atoms with Gasteiger partial charge in [0.05, 0.1) is 6.33 Å². The zero-order chi connectivity index (χ0) is 22.1. The Kier molecular flexibility index (Phi) is 5.79. The molecule has 0 unspecified atom stereocenters. The average molecular weight is 433 g/mol. The topological polar surface area (TPSA) is 201 Å². The normalized spacial score (nSPS) is 23.6. The van der Waals surface area contributed by atoms with Crippen LogP contribution in [0.3, 0.4) is 0 Å². The van der Waals surface area contributed by atoms with Gasteiger partial charge in [0.25, 0.3) is 0 Å². The van der Waals surface area contributed by atoms with Crippen molar-refractivity contribution in [3.05, 3.63) is 34.9 Å². The molecule has 0 radical (unpaired) electrons. The Hall–Kier alpha value is -3.17. The first-order valence-electron chi connectivity index (χ1n) is 9.40. The van der Waals surface area contributed by atoms with Crippen molar-refractivity contribution < 1.29 is 19.7 Å². The number of aliphatic hydroxyl groups excluding tert-OH is 2. The molecule has 0 bridgehead atoms. The molecular formula is C17H23N9O5. The number of nitrogens with zero attached hydrogens (tertiary/aromatic N) is 6. The van der Waals surface area contributed by atoms with Crippen molar-refractivity contribution in [2.24, 2.45) is 0 Å². The van der Waals surface area contributed by atoms with Gasteiger partial charge in [0.15, 0.2) is 17.7 Å². The van der Waals surface area contributed by atoms with Crippen LogP contribution in [0.15, 0.2) is 23.6 Å². The lowest BCUT2D eigenvalue weighted by Crippen LogP contribution is -2.37. The number of methoxy groups -OCH3 is 1. The summed E-state index contributed by atoms with van der Waals surface area (Å²) in [7, 11) is 1.46. The maximum Gasteiger partial charge on any atom is 0.351 e. The molecule has 14 heteroatoms. The molecule has 4 atom stereocenters. The second-order valence-corrected chi connectivity index (χ2v) is 7.08. The van der Waals surface area contributed by atoms with Crippen molar-refractivity contribution in [1.29, 1.82) is 0 Å². The zero-order valence-corrected chi connectivity index (χ0v) is 16.6. The van der Waals surface area contributed by atoms with E-state index in [1.54, 1.807) is 6.20 Å². The molecule has 0 saturated carbocycles. The average Bonchev–Trinajstić information content (AvgIpc) is 3.28. The van der Waals surface area contributed by atoms with Gasteiger partial charge < -0.3 is 36.5 Å². The van der Waals surface area contributed by atoms with Crippen LogP contribution in [-0.4, -0.2) is 71.2 Å². The fraction of sp³-hybridized carbons (Fsp3) is 0.471. The van der Waals surface area contributed by atoms with E-state index in [9.17, 15) is 15.0 Å². The lowest BCUT2D eigenvalue weighted by molar-refractivity contribution is -0.0342. The van der Waals surface area contributed by atoms with E-state index in [2.05, 4.69) is 25.3 Å². The van der Waals surface area contributed by atoms with E-state index >= 15 is 0 Å². The summed E-state index contributed by atoms with van der Waals surface area (Å²) in [5, 5.41) is 24.1. The molecule has 3 aromatic heterocycles. The largest absolute Gasteiger partial charge is 0.387 e. The zero-order valence-electron chi connectivity index (χ0n) is 16.6. The van der Waals surface area contributed by atoms with Gasteiger partial charge in [-0.2, -0.15) is 4.98 Å². The Balaban J connectivity index is 1.44. The van der Waals surface area contributed by atoms with E-state index in [1.165, 1.54) is 28.9 Å². The van der Waals surface area contributed by atoms with Crippen molar-refractivity contribution in [2.75, 3.05) is 25.1 Å². The molecule has 0 spiro atoms. The first kappa shape index (κ1) is 21.1. The number of rotatable bonds is 7. The first-order chi connectivity index (χ1) is 14.9. The van der Waals surface area contributed by atoms with Crippen molar-refractivity contribution in [3.8, 4) is 0 Å². The summed E-state index contributed by atoms with van der Waals surface area (Å²) in [5.74, 6) is 0.300. The summed E-state index contributed by atoms with van der Waals surface area (Å²) < 4.78 is 13.6. The predicted octanol–water partition coefficient (Wildman–Crippen LogP) is -2.44. The number of nitrogen functional groups attached to an aromatic ring is 2. The second-order valence-electron chi connectivity index (χ2n) is 7.08. The summed E-state index contributed by atoms with van der Waals surface area (Å²) in [4.78, 5) is 27.7. The van der Waals surface area contributed by atoms with Gasteiger partial charge in [-0.25, -0.2) is 19.7 Å². The predicted molar refractivity (Wildman–Crippen MR) is 107 cm³/mol. The maximum atomic E-state index is 11.8. The molecule has 3 aromatic rings. The van der Waals surface area contributed by atoms with Crippen LogP contribution in [0.25, 0.3) is 11.2 Å². The Morgan fingerprint density at radius 3 is 2.81 bits per heavy atom. The van der Waals surface area contributed by atoms with Gasteiger partial charge >= 0.3 is 5.69 Å². The van der Waals surface area contributed by atoms with E-state index in [0.717, 1.165) is 0 Å². The fourth-order valence-corrected chi connectivity index (χ4v) is 3.45. The van der Waals surface area contributed by atoms with Gasteiger partial charge in [-0.1, -0.05) is 0 Å². The molecule has 4 rings (SSSR count). The molecule has 1 aliphatic rings. The summed E-state index contributed by atoms with van der Waals surface area (Å²) in [6, 6.07) is 0. The third-order valence-electron chi connectivity index (χ3n) is 5.03. The Bertz CT molecular complexity index is 1130. The molecule has 1 fully saturated rings. The lowest BCUT2D eigenvalue weighted by Gasteiger charge is -2.17. The first-order valence-corrected chi connectivity index (χ1v) is 9.40. The summed E-state index contributed by atoms with van der Waals surface area (Å²) in [6.07, 6.45) is 0.257. The van der Waals surface area contributed by atoms with Gasteiger partial charge in [0.2, 0.25) is 0 Å². The van der Waals surface area contributed by atoms with E-state index in [-0.39, 0.29) is 31.5 Å². The Morgan fingerprint density at radius 2 is 2.03 bits per heavy atom. The lowest BCUT2D eigenvalue weighted by atomic mass is 10.1. The molecule has 4 heterocycles. The number of nitrogens with two attached hydrogens (primary N) is 2. The number of hydrogen-bond acceptors (Lipinski definition) is 12. The van der Waals surface area contributed by atoms with Crippen molar-refractivity contribution in [3.63, 3.8) is 0 Å². The van der Waals surface area contributed by atoms with Crippen molar-refractivity contribution >= 4 is 22.8 Å². The molecule has 166 valence electrons. The summed E-state index contributed by atoms with van der Waals surface area (Å²) in [5.41, 5.74) is 12.4. The van der Waals surface area contributed by atoms with E-state index in [1.807, 2.05) is 0 Å². The van der Waals surface area contributed by atoms with E-state index in [0.29, 0.717) is 16.7 Å². The van der Waals surface area contributed by atoms with Crippen LogP contribution in [0.2, 0.25) is 0 Å². The highest BCUT2D eigenvalue weighted by Gasteiger charge is 2.44. The summed E-state index contributed by atoms with van der Waals surface area (Å²) in [6.45, 7) is 0.500.